The summed E-state index contributed by atoms with van der Waals surface area (Å²) >= 11 is 5.93. The summed E-state index contributed by atoms with van der Waals surface area (Å²) in [7, 11) is -4.17. The van der Waals surface area contributed by atoms with Gasteiger partial charge in [0.25, 0.3) is 10.0 Å². The summed E-state index contributed by atoms with van der Waals surface area (Å²) in [6, 6.07) is 7.64. The first-order valence-electron chi connectivity index (χ1n) is 8.84. The van der Waals surface area contributed by atoms with E-state index in [1.807, 2.05) is 0 Å². The average molecular weight is 479 g/mol. The van der Waals surface area contributed by atoms with Gasteiger partial charge in [-0.25, -0.2) is 17.2 Å². The van der Waals surface area contributed by atoms with Gasteiger partial charge in [-0.2, -0.15) is 0 Å². The number of rotatable bonds is 5. The highest BCUT2D eigenvalue weighted by Gasteiger charge is 2.28. The van der Waals surface area contributed by atoms with Crippen molar-refractivity contribution in [3.05, 3.63) is 53.5 Å². The summed E-state index contributed by atoms with van der Waals surface area (Å²) in [6.07, 6.45) is -0.0124. The van der Waals surface area contributed by atoms with Crippen LogP contribution in [0.4, 0.5) is 14.5 Å². The fourth-order valence-corrected chi connectivity index (χ4v) is 4.73. The SMILES string of the molecule is Cl.O=S(=O)(Nc1cc(O[C@@H]2CCNC[C@H]2F)c2occc2c1)c1cc(F)ccc1Cl. The number of alkyl halides is 1. The topological polar surface area (TPSA) is 80.6 Å². The van der Waals surface area contributed by atoms with E-state index in [-0.39, 0.29) is 35.4 Å². The summed E-state index contributed by atoms with van der Waals surface area (Å²) < 4.78 is 66.7. The number of anilines is 1. The number of furan rings is 1. The number of benzene rings is 2. The molecule has 2 N–H and O–H groups in total. The quantitative estimate of drug-likeness (QED) is 0.563. The zero-order chi connectivity index (χ0) is 20.6. The van der Waals surface area contributed by atoms with E-state index in [4.69, 9.17) is 20.8 Å². The smallest absolute Gasteiger partial charge is 0.263 e. The van der Waals surface area contributed by atoms with Crippen LogP contribution in [0.3, 0.4) is 0 Å². The van der Waals surface area contributed by atoms with Crippen LogP contribution in [0.15, 0.2) is 52.0 Å². The molecule has 6 nitrogen and oxygen atoms in total. The molecule has 1 aliphatic heterocycles. The highest BCUT2D eigenvalue weighted by atomic mass is 35.5. The molecule has 0 spiro atoms. The largest absolute Gasteiger partial charge is 0.483 e. The van der Waals surface area contributed by atoms with Gasteiger partial charge in [0.05, 0.1) is 17.0 Å². The first-order valence-corrected chi connectivity index (χ1v) is 10.7. The molecule has 162 valence electrons. The second-order valence-corrected chi connectivity index (χ2v) is 8.72. The predicted octanol–water partition coefficient (Wildman–Crippen LogP) is 4.53. The van der Waals surface area contributed by atoms with Crippen molar-refractivity contribution in [2.24, 2.45) is 0 Å². The van der Waals surface area contributed by atoms with Gasteiger partial charge >= 0.3 is 0 Å². The number of nitrogens with one attached hydrogen (secondary N) is 2. The first-order chi connectivity index (χ1) is 13.8. The van der Waals surface area contributed by atoms with Gasteiger partial charge in [0.15, 0.2) is 11.3 Å². The lowest BCUT2D eigenvalue weighted by molar-refractivity contribution is 0.0736. The fourth-order valence-electron chi connectivity index (χ4n) is 3.18. The number of hydrogen-bond donors (Lipinski definition) is 2. The number of fused-ring (bicyclic) bond motifs is 1. The number of ether oxygens (including phenoxy) is 1. The molecule has 2 aromatic carbocycles. The third-order valence-corrected chi connectivity index (χ3v) is 6.44. The molecule has 0 radical (unpaired) electrons. The highest BCUT2D eigenvalue weighted by Crippen LogP contribution is 2.34. The van der Waals surface area contributed by atoms with Gasteiger partial charge in [-0.15, -0.1) is 12.4 Å². The third-order valence-electron chi connectivity index (χ3n) is 4.58. The van der Waals surface area contributed by atoms with E-state index in [9.17, 15) is 17.2 Å². The zero-order valence-electron chi connectivity index (χ0n) is 15.4. The molecule has 1 fully saturated rings. The Labute approximate surface area is 183 Å². The van der Waals surface area contributed by atoms with Gasteiger partial charge in [0, 0.05) is 18.0 Å². The molecule has 1 aromatic heterocycles. The van der Waals surface area contributed by atoms with Gasteiger partial charge < -0.3 is 14.5 Å². The number of sulfonamides is 1. The standard InChI is InChI=1S/C19H17ClF2N2O4S.ClH/c20-14-2-1-12(21)8-18(14)29(25,26)24-13-7-11-4-6-27-19(11)17(9-13)28-16-3-5-23-10-15(16)22;/h1-2,4,6-9,15-16,23-24H,3,5,10H2;1H/t15-,16-;/m1./s1. The summed E-state index contributed by atoms with van der Waals surface area (Å²) in [5.41, 5.74) is 0.529. The molecule has 30 heavy (non-hydrogen) atoms. The lowest BCUT2D eigenvalue weighted by atomic mass is 10.1. The van der Waals surface area contributed by atoms with E-state index >= 15 is 0 Å². The minimum Gasteiger partial charge on any atom is -0.483 e. The van der Waals surface area contributed by atoms with Crippen molar-refractivity contribution < 1.29 is 26.4 Å². The van der Waals surface area contributed by atoms with Crippen molar-refractivity contribution in [3.8, 4) is 5.75 Å². The highest BCUT2D eigenvalue weighted by molar-refractivity contribution is 7.92. The minimum absolute atomic E-state index is 0. The van der Waals surface area contributed by atoms with Crippen LogP contribution in [-0.4, -0.2) is 33.8 Å². The van der Waals surface area contributed by atoms with Crippen LogP contribution in [0, 0.1) is 5.82 Å². The number of piperidine rings is 1. The molecule has 0 aliphatic carbocycles. The summed E-state index contributed by atoms with van der Waals surface area (Å²) in [5.74, 6) is -0.519. The van der Waals surface area contributed by atoms with Crippen LogP contribution in [0.5, 0.6) is 5.75 Å². The number of hydrogen-bond acceptors (Lipinski definition) is 5. The second-order valence-electron chi connectivity index (χ2n) is 6.66. The molecular formula is C19H18Cl2F2N2O4S. The van der Waals surface area contributed by atoms with Gasteiger partial charge in [0.2, 0.25) is 0 Å². The van der Waals surface area contributed by atoms with Crippen molar-refractivity contribution in [3.63, 3.8) is 0 Å². The number of halogens is 4. The molecule has 0 unspecified atom stereocenters. The van der Waals surface area contributed by atoms with E-state index in [0.717, 1.165) is 18.2 Å². The van der Waals surface area contributed by atoms with E-state index in [2.05, 4.69) is 10.0 Å². The van der Waals surface area contributed by atoms with E-state index in [1.165, 1.54) is 18.4 Å². The van der Waals surface area contributed by atoms with Gasteiger partial charge in [-0.1, -0.05) is 11.6 Å². The Bertz CT molecular complexity index is 1160. The summed E-state index contributed by atoms with van der Waals surface area (Å²) in [6.45, 7) is 0.785. The molecule has 1 aliphatic rings. The molecule has 0 bridgehead atoms. The molecule has 4 rings (SSSR count). The van der Waals surface area contributed by atoms with Crippen LogP contribution < -0.4 is 14.8 Å². The molecule has 0 amide bonds. The normalized spacial score (nSPS) is 19.3. The lowest BCUT2D eigenvalue weighted by Crippen LogP contribution is -2.44. The maximum Gasteiger partial charge on any atom is 0.263 e. The second kappa shape index (κ2) is 8.97. The maximum absolute atomic E-state index is 14.2. The average Bonchev–Trinajstić information content (AvgIpc) is 3.14. The predicted molar refractivity (Wildman–Crippen MR) is 112 cm³/mol. The Morgan fingerprint density at radius 3 is 2.80 bits per heavy atom. The summed E-state index contributed by atoms with van der Waals surface area (Å²) in [5, 5.41) is 3.39. The van der Waals surface area contributed by atoms with Crippen LogP contribution in [0.1, 0.15) is 6.42 Å². The molecular weight excluding hydrogens is 461 g/mol. The van der Waals surface area contributed by atoms with Crippen LogP contribution in [0.25, 0.3) is 11.0 Å². The summed E-state index contributed by atoms with van der Waals surface area (Å²) in [4.78, 5) is -0.392. The molecule has 0 saturated carbocycles. The van der Waals surface area contributed by atoms with E-state index in [0.29, 0.717) is 23.9 Å². The van der Waals surface area contributed by atoms with Gasteiger partial charge in [-0.3, -0.25) is 4.72 Å². The van der Waals surface area contributed by atoms with Gasteiger partial charge in [0.1, 0.15) is 23.0 Å². The molecule has 2 heterocycles. The minimum atomic E-state index is -4.17. The Morgan fingerprint density at radius 1 is 1.23 bits per heavy atom. The first kappa shape index (κ1) is 22.6. The van der Waals surface area contributed by atoms with Crippen LogP contribution in [0.2, 0.25) is 5.02 Å². The Kier molecular flexibility index (Phi) is 6.76. The lowest BCUT2D eigenvalue weighted by Gasteiger charge is -2.27. The van der Waals surface area contributed by atoms with Crippen molar-refractivity contribution in [2.45, 2.75) is 23.6 Å². The third kappa shape index (κ3) is 4.64. The van der Waals surface area contributed by atoms with Crippen LogP contribution >= 0.6 is 24.0 Å². The Hall–Kier alpha value is -2.07. The Balaban J connectivity index is 0.00000256. The van der Waals surface area contributed by atoms with Gasteiger partial charge in [-0.05, 0) is 43.3 Å². The van der Waals surface area contributed by atoms with E-state index < -0.39 is 33.0 Å². The monoisotopic (exact) mass is 478 g/mol. The Morgan fingerprint density at radius 2 is 2.03 bits per heavy atom. The van der Waals surface area contributed by atoms with Crippen molar-refractivity contribution in [1.29, 1.82) is 0 Å². The molecule has 2 atom stereocenters. The van der Waals surface area contributed by atoms with E-state index in [1.54, 1.807) is 6.07 Å². The maximum atomic E-state index is 14.2. The molecule has 3 aromatic rings. The van der Waals surface area contributed by atoms with Crippen LogP contribution in [-0.2, 0) is 10.0 Å². The van der Waals surface area contributed by atoms with Crippen molar-refractivity contribution >= 4 is 50.7 Å². The molecule has 1 saturated heterocycles. The van der Waals surface area contributed by atoms with Crippen molar-refractivity contribution in [1.82, 2.24) is 5.32 Å². The molecule has 11 heteroatoms. The fraction of sp³-hybridized carbons (Fsp3) is 0.263. The zero-order valence-corrected chi connectivity index (χ0v) is 17.8. The van der Waals surface area contributed by atoms with Crippen molar-refractivity contribution in [2.75, 3.05) is 17.8 Å².